The first-order valence-electron chi connectivity index (χ1n) is 8.82. The van der Waals surface area contributed by atoms with Crippen LogP contribution in [-0.2, 0) is 12.8 Å². The largest absolute Gasteiger partial charge is 0.321 e. The molecule has 3 aromatic rings. The summed E-state index contributed by atoms with van der Waals surface area (Å²) in [6.07, 6.45) is 2.59. The Labute approximate surface area is 155 Å². The summed E-state index contributed by atoms with van der Waals surface area (Å²) in [5.74, 6) is -0.622. The molecule has 0 bridgehead atoms. The van der Waals surface area contributed by atoms with E-state index in [1.54, 1.807) is 41.1 Å². The third-order valence-corrected chi connectivity index (χ3v) is 4.77. The van der Waals surface area contributed by atoms with E-state index >= 15 is 0 Å². The van der Waals surface area contributed by atoms with Crippen molar-refractivity contribution in [2.45, 2.75) is 26.2 Å². The third-order valence-electron chi connectivity index (χ3n) is 4.77. The van der Waals surface area contributed by atoms with Crippen molar-refractivity contribution in [1.82, 2.24) is 9.78 Å². The molecule has 1 aliphatic carbocycles. The second-order valence-corrected chi connectivity index (χ2v) is 6.60. The zero-order valence-electron chi connectivity index (χ0n) is 14.8. The molecule has 4 rings (SSSR count). The van der Waals surface area contributed by atoms with Gasteiger partial charge in [-0.2, -0.15) is 5.10 Å². The molecule has 2 aromatic carbocycles. The fraction of sp³-hybridized carbons (Fsp3) is 0.190. The molecule has 27 heavy (non-hydrogen) atoms. The molecule has 136 valence electrons. The molecule has 0 unspecified atom stereocenters. The van der Waals surface area contributed by atoms with Crippen LogP contribution in [0.25, 0.3) is 5.69 Å². The van der Waals surface area contributed by atoms with Gasteiger partial charge >= 0.3 is 0 Å². The first-order valence-corrected chi connectivity index (χ1v) is 8.82. The average molecular weight is 363 g/mol. The number of hydrogen-bond donors (Lipinski definition) is 1. The van der Waals surface area contributed by atoms with Crippen LogP contribution in [0.1, 0.15) is 45.4 Å². The Morgan fingerprint density at radius 1 is 1.04 bits per heavy atom. The normalized spacial score (nSPS) is 12.7. The van der Waals surface area contributed by atoms with Gasteiger partial charge in [-0.3, -0.25) is 9.59 Å². The van der Waals surface area contributed by atoms with Crippen molar-refractivity contribution in [3.8, 4) is 5.69 Å². The molecular formula is C21H18FN3O2. The summed E-state index contributed by atoms with van der Waals surface area (Å²) < 4.78 is 14.9. The van der Waals surface area contributed by atoms with Gasteiger partial charge in [-0.15, -0.1) is 0 Å². The molecule has 0 spiro atoms. The van der Waals surface area contributed by atoms with Crippen LogP contribution in [-0.4, -0.2) is 21.5 Å². The monoisotopic (exact) mass is 363 g/mol. The minimum atomic E-state index is -0.311. The van der Waals surface area contributed by atoms with E-state index in [2.05, 4.69) is 10.4 Å². The number of rotatable bonds is 4. The lowest BCUT2D eigenvalue weighted by Gasteiger charge is -2.06. The van der Waals surface area contributed by atoms with Crippen LogP contribution in [0, 0.1) is 5.82 Å². The van der Waals surface area contributed by atoms with E-state index in [1.807, 2.05) is 0 Å². The first kappa shape index (κ1) is 17.1. The van der Waals surface area contributed by atoms with Crippen LogP contribution in [0.15, 0.2) is 48.5 Å². The molecule has 1 heterocycles. The number of Topliss-reactive ketones (excluding diaryl/α,β-unsaturated/α-hetero) is 1. The van der Waals surface area contributed by atoms with Crippen LogP contribution < -0.4 is 5.32 Å². The number of amides is 1. The van der Waals surface area contributed by atoms with Gasteiger partial charge in [0.25, 0.3) is 5.91 Å². The third kappa shape index (κ3) is 3.26. The molecule has 0 atom stereocenters. The van der Waals surface area contributed by atoms with Gasteiger partial charge < -0.3 is 5.32 Å². The first-order chi connectivity index (χ1) is 13.0. The quantitative estimate of drug-likeness (QED) is 0.714. The van der Waals surface area contributed by atoms with Gasteiger partial charge in [0.2, 0.25) is 0 Å². The zero-order valence-corrected chi connectivity index (χ0v) is 14.8. The highest BCUT2D eigenvalue weighted by atomic mass is 19.1. The van der Waals surface area contributed by atoms with Gasteiger partial charge in [-0.25, -0.2) is 9.07 Å². The summed E-state index contributed by atoms with van der Waals surface area (Å²) in [6, 6.07) is 12.8. The summed E-state index contributed by atoms with van der Waals surface area (Å²) >= 11 is 0. The van der Waals surface area contributed by atoms with Crippen LogP contribution in [0.2, 0.25) is 0 Å². The second-order valence-electron chi connectivity index (χ2n) is 6.60. The summed E-state index contributed by atoms with van der Waals surface area (Å²) in [5.41, 5.74) is 4.26. The molecule has 1 aliphatic rings. The Hall–Kier alpha value is -3.28. The Balaban J connectivity index is 1.63. The van der Waals surface area contributed by atoms with E-state index in [0.717, 1.165) is 36.2 Å². The maximum Gasteiger partial charge on any atom is 0.276 e. The highest BCUT2D eigenvalue weighted by Crippen LogP contribution is 2.28. The summed E-state index contributed by atoms with van der Waals surface area (Å²) in [7, 11) is 0. The Morgan fingerprint density at radius 2 is 1.74 bits per heavy atom. The fourth-order valence-electron chi connectivity index (χ4n) is 3.39. The number of nitrogens with one attached hydrogen (secondary N) is 1. The fourth-order valence-corrected chi connectivity index (χ4v) is 3.39. The van der Waals surface area contributed by atoms with E-state index < -0.39 is 0 Å². The van der Waals surface area contributed by atoms with Crippen LogP contribution in [0.5, 0.6) is 0 Å². The number of carbonyl (C=O) groups is 2. The van der Waals surface area contributed by atoms with Crippen LogP contribution >= 0.6 is 0 Å². The highest BCUT2D eigenvalue weighted by molar-refractivity contribution is 6.04. The van der Waals surface area contributed by atoms with Gasteiger partial charge in [0.15, 0.2) is 11.5 Å². The molecule has 6 heteroatoms. The smallest absolute Gasteiger partial charge is 0.276 e. The molecule has 0 fully saturated rings. The van der Waals surface area contributed by atoms with Gasteiger partial charge in [-0.05, 0) is 74.7 Å². The number of fused-ring (bicyclic) bond motifs is 1. The summed E-state index contributed by atoms with van der Waals surface area (Å²) in [5, 5.41) is 7.34. The average Bonchev–Trinajstić information content (AvgIpc) is 3.25. The van der Waals surface area contributed by atoms with E-state index in [-0.39, 0.29) is 17.5 Å². The maximum absolute atomic E-state index is 13.2. The molecule has 0 aliphatic heterocycles. The predicted molar refractivity (Wildman–Crippen MR) is 99.9 cm³/mol. The van der Waals surface area contributed by atoms with E-state index in [0.29, 0.717) is 16.9 Å². The molecular weight excluding hydrogens is 345 g/mol. The van der Waals surface area contributed by atoms with Crippen molar-refractivity contribution in [3.63, 3.8) is 0 Å². The van der Waals surface area contributed by atoms with Crippen molar-refractivity contribution in [2.24, 2.45) is 0 Å². The van der Waals surface area contributed by atoms with E-state index in [9.17, 15) is 14.0 Å². The number of ketones is 1. The van der Waals surface area contributed by atoms with Gasteiger partial charge in [-0.1, -0.05) is 0 Å². The molecule has 0 radical (unpaired) electrons. The molecule has 1 N–H and O–H groups in total. The Bertz CT molecular complexity index is 1020. The van der Waals surface area contributed by atoms with Crippen molar-refractivity contribution in [3.05, 3.63) is 76.9 Å². The second kappa shape index (κ2) is 6.79. The lowest BCUT2D eigenvalue weighted by atomic mass is 10.1. The number of nitrogens with zero attached hydrogens (tertiary/aromatic N) is 2. The molecule has 0 saturated heterocycles. The predicted octanol–water partition coefficient (Wildman–Crippen LogP) is 3.96. The van der Waals surface area contributed by atoms with Gasteiger partial charge in [0.05, 0.1) is 5.69 Å². The molecule has 0 saturated carbocycles. The van der Waals surface area contributed by atoms with Crippen molar-refractivity contribution < 1.29 is 14.0 Å². The lowest BCUT2D eigenvalue weighted by molar-refractivity contribution is 0.101. The van der Waals surface area contributed by atoms with E-state index in [1.165, 1.54) is 19.1 Å². The van der Waals surface area contributed by atoms with Crippen molar-refractivity contribution >= 4 is 17.4 Å². The highest BCUT2D eigenvalue weighted by Gasteiger charge is 2.27. The van der Waals surface area contributed by atoms with E-state index in [4.69, 9.17) is 0 Å². The summed E-state index contributed by atoms with van der Waals surface area (Å²) in [6.45, 7) is 1.50. The number of anilines is 1. The SMILES string of the molecule is CC(=O)c1ccc(NC(=O)c2nn(-c3ccc(F)cc3)c3c2CCC3)cc1. The number of carbonyl (C=O) groups excluding carboxylic acids is 2. The summed E-state index contributed by atoms with van der Waals surface area (Å²) in [4.78, 5) is 24.1. The molecule has 1 amide bonds. The van der Waals surface area contributed by atoms with Crippen LogP contribution in [0.3, 0.4) is 0 Å². The molecule has 5 nitrogen and oxygen atoms in total. The van der Waals surface area contributed by atoms with Crippen LogP contribution in [0.4, 0.5) is 10.1 Å². The van der Waals surface area contributed by atoms with Crippen molar-refractivity contribution in [1.29, 1.82) is 0 Å². The standard InChI is InChI=1S/C21H18FN3O2/c1-13(26)14-5-9-16(10-6-14)23-21(27)20-18-3-2-4-19(18)25(24-20)17-11-7-15(22)8-12-17/h5-12H,2-4H2,1H3,(H,23,27). The number of benzene rings is 2. The van der Waals surface area contributed by atoms with Gasteiger partial charge in [0, 0.05) is 22.5 Å². The number of halogens is 1. The molecule has 1 aromatic heterocycles. The Morgan fingerprint density at radius 3 is 2.41 bits per heavy atom. The number of aromatic nitrogens is 2. The number of hydrogen-bond acceptors (Lipinski definition) is 3. The zero-order chi connectivity index (χ0) is 19.0. The Kier molecular flexibility index (Phi) is 4.32. The topological polar surface area (TPSA) is 64.0 Å². The van der Waals surface area contributed by atoms with Gasteiger partial charge in [0.1, 0.15) is 5.82 Å². The maximum atomic E-state index is 13.2. The minimum absolute atomic E-state index is 0.0243. The minimum Gasteiger partial charge on any atom is -0.321 e. The van der Waals surface area contributed by atoms with Crippen molar-refractivity contribution in [2.75, 3.05) is 5.32 Å². The lowest BCUT2D eigenvalue weighted by Crippen LogP contribution is -2.15.